The van der Waals surface area contributed by atoms with Gasteiger partial charge in [-0.05, 0) is 45.0 Å². The van der Waals surface area contributed by atoms with Crippen molar-refractivity contribution in [3.05, 3.63) is 41.0 Å². The molecule has 0 bridgehead atoms. The number of anilines is 1. The van der Waals surface area contributed by atoms with E-state index >= 15 is 0 Å². The van der Waals surface area contributed by atoms with Gasteiger partial charge in [-0.15, -0.1) is 0 Å². The van der Waals surface area contributed by atoms with Gasteiger partial charge >= 0.3 is 0 Å². The van der Waals surface area contributed by atoms with Gasteiger partial charge in [-0.2, -0.15) is 4.98 Å². The van der Waals surface area contributed by atoms with Crippen LogP contribution in [0.15, 0.2) is 22.7 Å². The molecule has 1 aromatic heterocycles. The average Bonchev–Trinajstić information content (AvgIpc) is 3.17. The maximum absolute atomic E-state index is 12.5. The molecule has 0 radical (unpaired) electrons. The van der Waals surface area contributed by atoms with Crippen molar-refractivity contribution in [2.24, 2.45) is 0 Å². The highest BCUT2D eigenvalue weighted by Gasteiger charge is 2.35. The van der Waals surface area contributed by atoms with E-state index in [1.807, 2.05) is 24.1 Å². The van der Waals surface area contributed by atoms with Gasteiger partial charge in [0.2, 0.25) is 11.8 Å². The van der Waals surface area contributed by atoms with Crippen molar-refractivity contribution in [2.75, 3.05) is 18.5 Å². The fourth-order valence-electron chi connectivity index (χ4n) is 3.03. The minimum atomic E-state index is -0.0384. The molecule has 2 heterocycles. The summed E-state index contributed by atoms with van der Waals surface area (Å²) in [6.07, 6.45) is 1.12. The van der Waals surface area contributed by atoms with E-state index in [1.165, 1.54) is 5.56 Å². The van der Waals surface area contributed by atoms with E-state index in [1.54, 1.807) is 0 Å². The lowest BCUT2D eigenvalue weighted by molar-refractivity contribution is -0.117. The minimum Gasteiger partial charge on any atom is -0.339 e. The molecule has 1 fully saturated rings. The Morgan fingerprint density at radius 3 is 2.96 bits per heavy atom. The summed E-state index contributed by atoms with van der Waals surface area (Å²) in [5.41, 5.74) is 3.30. The number of hydrogen-bond donors (Lipinski definition) is 1. The molecule has 24 heavy (non-hydrogen) atoms. The normalized spacial score (nSPS) is 19.1. The predicted octanol–water partition coefficient (Wildman–Crippen LogP) is 2.36. The van der Waals surface area contributed by atoms with Gasteiger partial charge in [-0.1, -0.05) is 17.3 Å². The molecule has 6 heteroatoms. The quantitative estimate of drug-likeness (QED) is 0.912. The van der Waals surface area contributed by atoms with Crippen LogP contribution in [0.25, 0.3) is 0 Å². The highest BCUT2D eigenvalue weighted by Crippen LogP contribution is 2.33. The monoisotopic (exact) mass is 328 g/mol. The standard InChI is InChI=1S/C18H24N4O2/c1-11-6-5-7-15(13(11)3)22-10-14(9-17(22)23)18-20-16(21-24-18)8-12(2)19-4/h5-7,12,14,19H,8-10H2,1-4H3. The molecule has 2 aromatic rings. The highest BCUT2D eigenvalue weighted by molar-refractivity contribution is 5.97. The second-order valence-corrected chi connectivity index (χ2v) is 6.57. The molecule has 3 rings (SSSR count). The van der Waals surface area contributed by atoms with Crippen LogP contribution in [0.2, 0.25) is 0 Å². The van der Waals surface area contributed by atoms with Crippen LogP contribution in [0, 0.1) is 13.8 Å². The van der Waals surface area contributed by atoms with Crippen molar-refractivity contribution < 1.29 is 9.32 Å². The summed E-state index contributed by atoms with van der Waals surface area (Å²) in [5, 5.41) is 7.20. The Kier molecular flexibility index (Phi) is 4.66. The Hall–Kier alpha value is -2.21. The number of aromatic nitrogens is 2. The molecule has 1 saturated heterocycles. The summed E-state index contributed by atoms with van der Waals surface area (Å²) in [5.74, 6) is 1.32. The number of amides is 1. The number of carbonyl (C=O) groups is 1. The molecule has 2 atom stereocenters. The summed E-state index contributed by atoms with van der Waals surface area (Å²) < 4.78 is 5.41. The summed E-state index contributed by atoms with van der Waals surface area (Å²) in [6.45, 7) is 6.77. The summed E-state index contributed by atoms with van der Waals surface area (Å²) in [6, 6.07) is 6.33. The third-order valence-corrected chi connectivity index (χ3v) is 4.81. The number of nitrogens with zero attached hydrogens (tertiary/aromatic N) is 3. The van der Waals surface area contributed by atoms with E-state index in [-0.39, 0.29) is 17.9 Å². The molecule has 0 spiro atoms. The predicted molar refractivity (Wildman–Crippen MR) is 92.2 cm³/mol. The third kappa shape index (κ3) is 3.19. The third-order valence-electron chi connectivity index (χ3n) is 4.81. The maximum atomic E-state index is 12.5. The average molecular weight is 328 g/mol. The van der Waals surface area contributed by atoms with E-state index in [0.29, 0.717) is 31.1 Å². The van der Waals surface area contributed by atoms with Gasteiger partial charge in [0.25, 0.3) is 0 Å². The molecule has 1 N–H and O–H groups in total. The van der Waals surface area contributed by atoms with Crippen molar-refractivity contribution in [2.45, 2.75) is 45.6 Å². The van der Waals surface area contributed by atoms with Crippen LogP contribution in [0.1, 0.15) is 42.1 Å². The first-order chi connectivity index (χ1) is 11.5. The van der Waals surface area contributed by atoms with Crippen LogP contribution in [-0.2, 0) is 11.2 Å². The van der Waals surface area contributed by atoms with Gasteiger partial charge < -0.3 is 14.7 Å². The van der Waals surface area contributed by atoms with E-state index in [9.17, 15) is 4.79 Å². The molecule has 2 unspecified atom stereocenters. The van der Waals surface area contributed by atoms with E-state index in [0.717, 1.165) is 11.3 Å². The number of aryl methyl sites for hydroxylation is 1. The summed E-state index contributed by atoms with van der Waals surface area (Å²) in [4.78, 5) is 18.8. The number of rotatable bonds is 5. The molecule has 1 aliphatic heterocycles. The van der Waals surface area contributed by atoms with Gasteiger partial charge in [0, 0.05) is 31.1 Å². The lowest BCUT2D eigenvalue weighted by atomic mass is 10.1. The topological polar surface area (TPSA) is 71.3 Å². The van der Waals surface area contributed by atoms with Crippen LogP contribution in [0.5, 0.6) is 0 Å². The van der Waals surface area contributed by atoms with Crippen LogP contribution in [-0.4, -0.2) is 35.7 Å². The lowest BCUT2D eigenvalue weighted by Crippen LogP contribution is -2.25. The Bertz CT molecular complexity index is 740. The van der Waals surface area contributed by atoms with Crippen LogP contribution in [0.3, 0.4) is 0 Å². The highest BCUT2D eigenvalue weighted by atomic mass is 16.5. The number of benzene rings is 1. The Morgan fingerprint density at radius 2 is 2.21 bits per heavy atom. The van der Waals surface area contributed by atoms with Crippen molar-refractivity contribution in [1.29, 1.82) is 0 Å². The first kappa shape index (κ1) is 16.6. The van der Waals surface area contributed by atoms with Crippen LogP contribution in [0.4, 0.5) is 5.69 Å². The van der Waals surface area contributed by atoms with Gasteiger partial charge in [0.05, 0.1) is 5.92 Å². The fraction of sp³-hybridized carbons (Fsp3) is 0.500. The van der Waals surface area contributed by atoms with Crippen molar-refractivity contribution in [1.82, 2.24) is 15.5 Å². The van der Waals surface area contributed by atoms with E-state index in [4.69, 9.17) is 4.52 Å². The molecule has 128 valence electrons. The molecular formula is C18H24N4O2. The maximum Gasteiger partial charge on any atom is 0.232 e. The Morgan fingerprint density at radius 1 is 1.42 bits per heavy atom. The molecule has 6 nitrogen and oxygen atoms in total. The summed E-state index contributed by atoms with van der Waals surface area (Å²) in [7, 11) is 1.91. The fourth-order valence-corrected chi connectivity index (χ4v) is 3.03. The second kappa shape index (κ2) is 6.73. The van der Waals surface area contributed by atoms with Crippen molar-refractivity contribution in [3.8, 4) is 0 Å². The Balaban J connectivity index is 1.76. The van der Waals surface area contributed by atoms with Gasteiger partial charge in [-0.25, -0.2) is 0 Å². The number of likely N-dealkylation sites (N-methyl/N-ethyl adjacent to an activating group) is 1. The van der Waals surface area contributed by atoms with Crippen molar-refractivity contribution in [3.63, 3.8) is 0 Å². The molecule has 0 saturated carbocycles. The second-order valence-electron chi connectivity index (χ2n) is 6.57. The number of carbonyl (C=O) groups excluding carboxylic acids is 1. The lowest BCUT2D eigenvalue weighted by Gasteiger charge is -2.19. The molecule has 1 amide bonds. The van der Waals surface area contributed by atoms with Crippen LogP contribution < -0.4 is 10.2 Å². The molecule has 0 aliphatic carbocycles. The number of hydrogen-bond acceptors (Lipinski definition) is 5. The first-order valence-corrected chi connectivity index (χ1v) is 8.36. The zero-order valence-electron chi connectivity index (χ0n) is 14.7. The SMILES string of the molecule is CNC(C)Cc1noc(C2CC(=O)N(c3cccc(C)c3C)C2)n1. The first-order valence-electron chi connectivity index (χ1n) is 8.36. The molecular weight excluding hydrogens is 304 g/mol. The van der Waals surface area contributed by atoms with E-state index < -0.39 is 0 Å². The molecule has 1 aliphatic rings. The van der Waals surface area contributed by atoms with Gasteiger partial charge in [0.15, 0.2) is 5.82 Å². The minimum absolute atomic E-state index is 0.0384. The number of nitrogens with one attached hydrogen (secondary N) is 1. The van der Waals surface area contributed by atoms with Gasteiger partial charge in [-0.3, -0.25) is 4.79 Å². The zero-order chi connectivity index (χ0) is 17.3. The Labute approximate surface area is 142 Å². The molecule has 1 aromatic carbocycles. The van der Waals surface area contributed by atoms with E-state index in [2.05, 4.69) is 42.3 Å². The van der Waals surface area contributed by atoms with Gasteiger partial charge in [0.1, 0.15) is 0 Å². The van der Waals surface area contributed by atoms with Crippen molar-refractivity contribution >= 4 is 11.6 Å². The largest absolute Gasteiger partial charge is 0.339 e. The summed E-state index contributed by atoms with van der Waals surface area (Å²) >= 11 is 0. The zero-order valence-corrected chi connectivity index (χ0v) is 14.7. The van der Waals surface area contributed by atoms with Crippen LogP contribution >= 0.6 is 0 Å². The smallest absolute Gasteiger partial charge is 0.232 e.